The van der Waals surface area contributed by atoms with Crippen LogP contribution in [0, 0.1) is 20.8 Å². The second-order valence-corrected chi connectivity index (χ2v) is 8.22. The SMILES string of the molecule is COc1cc(C)c(S(=O)(=O)Nc2ccc(Nc3ccccc3C)cn2)cc1C. The van der Waals surface area contributed by atoms with Gasteiger partial charge in [0.15, 0.2) is 0 Å². The van der Waals surface area contributed by atoms with Crippen molar-refractivity contribution in [3.63, 3.8) is 0 Å². The molecule has 0 aliphatic rings. The molecule has 0 bridgehead atoms. The Morgan fingerprint density at radius 2 is 1.68 bits per heavy atom. The lowest BCUT2D eigenvalue weighted by Crippen LogP contribution is -2.15. The van der Waals surface area contributed by atoms with Crippen LogP contribution in [0.1, 0.15) is 16.7 Å². The first-order valence-electron chi connectivity index (χ1n) is 8.77. The Kier molecular flexibility index (Phi) is 5.56. The number of aryl methyl sites for hydroxylation is 3. The van der Waals surface area contributed by atoms with Crippen molar-refractivity contribution in [3.8, 4) is 5.75 Å². The third kappa shape index (κ3) is 4.26. The summed E-state index contributed by atoms with van der Waals surface area (Å²) in [7, 11) is -2.20. The number of ether oxygens (including phenoxy) is 1. The fourth-order valence-electron chi connectivity index (χ4n) is 2.86. The fourth-order valence-corrected chi connectivity index (χ4v) is 4.18. The number of aromatic nitrogens is 1. The van der Waals surface area contributed by atoms with E-state index >= 15 is 0 Å². The molecule has 1 aromatic heterocycles. The molecular weight excluding hydrogens is 374 g/mol. The molecule has 0 fully saturated rings. The normalized spacial score (nSPS) is 11.1. The van der Waals surface area contributed by atoms with E-state index in [-0.39, 0.29) is 10.7 Å². The quantitative estimate of drug-likeness (QED) is 0.637. The molecule has 0 aliphatic heterocycles. The summed E-state index contributed by atoms with van der Waals surface area (Å²) in [5, 5.41) is 3.27. The van der Waals surface area contributed by atoms with Gasteiger partial charge >= 0.3 is 0 Å². The Morgan fingerprint density at radius 1 is 0.929 bits per heavy atom. The summed E-state index contributed by atoms with van der Waals surface area (Å²) in [6, 6.07) is 14.6. The van der Waals surface area contributed by atoms with Gasteiger partial charge in [-0.15, -0.1) is 0 Å². The summed E-state index contributed by atoms with van der Waals surface area (Å²) < 4.78 is 33.4. The van der Waals surface area contributed by atoms with E-state index in [1.165, 1.54) is 0 Å². The molecule has 0 radical (unpaired) electrons. The lowest BCUT2D eigenvalue weighted by molar-refractivity contribution is 0.411. The minimum absolute atomic E-state index is 0.203. The Hall–Kier alpha value is -3.06. The number of methoxy groups -OCH3 is 1. The maximum absolute atomic E-state index is 12.8. The van der Waals surface area contributed by atoms with Crippen molar-refractivity contribution in [2.24, 2.45) is 0 Å². The van der Waals surface area contributed by atoms with Crippen LogP contribution < -0.4 is 14.8 Å². The molecule has 0 aliphatic carbocycles. The molecule has 28 heavy (non-hydrogen) atoms. The van der Waals surface area contributed by atoms with E-state index in [4.69, 9.17) is 4.74 Å². The largest absolute Gasteiger partial charge is 0.496 e. The lowest BCUT2D eigenvalue weighted by Gasteiger charge is -2.13. The van der Waals surface area contributed by atoms with Crippen molar-refractivity contribution in [1.82, 2.24) is 4.98 Å². The minimum atomic E-state index is -3.76. The Morgan fingerprint density at radius 3 is 2.32 bits per heavy atom. The summed E-state index contributed by atoms with van der Waals surface area (Å²) in [6.07, 6.45) is 1.59. The predicted octanol–water partition coefficient (Wildman–Crippen LogP) is 4.56. The highest BCUT2D eigenvalue weighted by Gasteiger charge is 2.19. The maximum Gasteiger partial charge on any atom is 0.263 e. The van der Waals surface area contributed by atoms with Crippen LogP contribution in [0.3, 0.4) is 0 Å². The number of rotatable bonds is 6. The fraction of sp³-hybridized carbons (Fsp3) is 0.190. The van der Waals surface area contributed by atoms with Crippen molar-refractivity contribution in [2.45, 2.75) is 25.7 Å². The Balaban J connectivity index is 1.80. The van der Waals surface area contributed by atoms with Gasteiger partial charge in [-0.3, -0.25) is 4.72 Å². The first-order valence-corrected chi connectivity index (χ1v) is 10.3. The molecule has 0 saturated carbocycles. The molecule has 0 unspecified atom stereocenters. The van der Waals surface area contributed by atoms with E-state index < -0.39 is 10.0 Å². The average molecular weight is 398 g/mol. The zero-order chi connectivity index (χ0) is 20.3. The average Bonchev–Trinajstić information content (AvgIpc) is 2.66. The smallest absolute Gasteiger partial charge is 0.263 e. The van der Waals surface area contributed by atoms with Gasteiger partial charge in [-0.25, -0.2) is 13.4 Å². The monoisotopic (exact) mass is 397 g/mol. The third-order valence-corrected chi connectivity index (χ3v) is 5.91. The summed E-state index contributed by atoms with van der Waals surface area (Å²) in [5.74, 6) is 0.907. The highest BCUT2D eigenvalue weighted by atomic mass is 32.2. The number of anilines is 3. The zero-order valence-electron chi connectivity index (χ0n) is 16.3. The van der Waals surface area contributed by atoms with E-state index in [1.54, 1.807) is 44.5 Å². The van der Waals surface area contributed by atoms with Crippen LogP contribution in [-0.2, 0) is 10.0 Å². The van der Waals surface area contributed by atoms with Crippen LogP contribution in [-0.4, -0.2) is 20.5 Å². The Labute approximate surface area is 165 Å². The highest BCUT2D eigenvalue weighted by Crippen LogP contribution is 2.27. The van der Waals surface area contributed by atoms with Crippen LogP contribution in [0.2, 0.25) is 0 Å². The number of para-hydroxylation sites is 1. The third-order valence-electron chi connectivity index (χ3n) is 4.41. The number of pyridine rings is 1. The zero-order valence-corrected chi connectivity index (χ0v) is 17.1. The molecule has 0 saturated heterocycles. The molecule has 0 amide bonds. The van der Waals surface area contributed by atoms with E-state index in [0.29, 0.717) is 11.3 Å². The highest BCUT2D eigenvalue weighted by molar-refractivity contribution is 7.92. The summed E-state index contributed by atoms with van der Waals surface area (Å²) >= 11 is 0. The molecule has 3 aromatic rings. The van der Waals surface area contributed by atoms with Gasteiger partial charge in [0.05, 0.1) is 23.9 Å². The number of hydrogen-bond donors (Lipinski definition) is 2. The van der Waals surface area contributed by atoms with Gasteiger partial charge in [0, 0.05) is 5.69 Å². The van der Waals surface area contributed by atoms with Crippen molar-refractivity contribution in [2.75, 3.05) is 17.1 Å². The number of sulfonamides is 1. The van der Waals surface area contributed by atoms with Crippen LogP contribution in [0.15, 0.2) is 59.6 Å². The van der Waals surface area contributed by atoms with Gasteiger partial charge in [0.2, 0.25) is 0 Å². The second-order valence-electron chi connectivity index (χ2n) is 6.56. The minimum Gasteiger partial charge on any atom is -0.496 e. The van der Waals surface area contributed by atoms with E-state index in [9.17, 15) is 8.42 Å². The van der Waals surface area contributed by atoms with Crippen LogP contribution >= 0.6 is 0 Å². The van der Waals surface area contributed by atoms with Crippen LogP contribution in [0.5, 0.6) is 5.75 Å². The molecular formula is C21H23N3O3S. The van der Waals surface area contributed by atoms with Gasteiger partial charge in [-0.2, -0.15) is 0 Å². The van der Waals surface area contributed by atoms with Gasteiger partial charge in [0.25, 0.3) is 10.0 Å². The number of benzene rings is 2. The number of nitrogens with one attached hydrogen (secondary N) is 2. The van der Waals surface area contributed by atoms with E-state index in [1.807, 2.05) is 38.1 Å². The molecule has 3 rings (SSSR count). The number of nitrogens with zero attached hydrogens (tertiary/aromatic N) is 1. The van der Waals surface area contributed by atoms with Crippen LogP contribution in [0.25, 0.3) is 0 Å². The van der Waals surface area contributed by atoms with Crippen molar-refractivity contribution in [3.05, 3.63) is 71.4 Å². The summed E-state index contributed by atoms with van der Waals surface area (Å²) in [4.78, 5) is 4.43. The van der Waals surface area contributed by atoms with Gasteiger partial charge in [-0.05, 0) is 67.8 Å². The molecule has 2 N–H and O–H groups in total. The summed E-state index contributed by atoms with van der Waals surface area (Å²) in [5.41, 5.74) is 4.21. The molecule has 7 heteroatoms. The standard InChI is InChI=1S/C21H23N3O3S/c1-14-7-5-6-8-18(14)23-17-9-10-21(22-13-17)24-28(25,26)20-12-15(2)19(27-4)11-16(20)3/h5-13,23H,1-4H3,(H,22,24). The summed E-state index contributed by atoms with van der Waals surface area (Å²) in [6.45, 7) is 5.55. The lowest BCUT2D eigenvalue weighted by atomic mass is 10.1. The van der Waals surface area contributed by atoms with Gasteiger partial charge < -0.3 is 10.1 Å². The van der Waals surface area contributed by atoms with E-state index in [0.717, 1.165) is 22.5 Å². The molecule has 1 heterocycles. The maximum atomic E-state index is 12.8. The molecule has 146 valence electrons. The number of hydrogen-bond acceptors (Lipinski definition) is 5. The molecule has 6 nitrogen and oxygen atoms in total. The van der Waals surface area contributed by atoms with Gasteiger partial charge in [-0.1, -0.05) is 18.2 Å². The van der Waals surface area contributed by atoms with Crippen molar-refractivity contribution < 1.29 is 13.2 Å². The topological polar surface area (TPSA) is 80.3 Å². The molecule has 2 aromatic carbocycles. The van der Waals surface area contributed by atoms with Crippen LogP contribution in [0.4, 0.5) is 17.2 Å². The second kappa shape index (κ2) is 7.90. The first kappa shape index (κ1) is 19.7. The predicted molar refractivity (Wildman–Crippen MR) is 112 cm³/mol. The van der Waals surface area contributed by atoms with E-state index in [2.05, 4.69) is 15.0 Å². The van der Waals surface area contributed by atoms with Gasteiger partial charge in [0.1, 0.15) is 11.6 Å². The first-order chi connectivity index (χ1) is 13.3. The van der Waals surface area contributed by atoms with Crippen molar-refractivity contribution >= 4 is 27.2 Å². The van der Waals surface area contributed by atoms with Crippen molar-refractivity contribution in [1.29, 1.82) is 0 Å². The molecule has 0 atom stereocenters. The molecule has 0 spiro atoms. The Bertz CT molecular complexity index is 1090.